The van der Waals surface area contributed by atoms with Crippen LogP contribution in [-0.2, 0) is 16.4 Å². The van der Waals surface area contributed by atoms with Crippen molar-refractivity contribution in [2.75, 3.05) is 18.8 Å². The first-order valence-electron chi connectivity index (χ1n) is 9.53. The normalized spacial score (nSPS) is 18.6. The third-order valence-corrected chi connectivity index (χ3v) is 6.73. The highest BCUT2D eigenvalue weighted by molar-refractivity contribution is 7.85. The Morgan fingerprint density at radius 2 is 1.93 bits per heavy atom. The van der Waals surface area contributed by atoms with Crippen molar-refractivity contribution in [1.82, 2.24) is 15.4 Å². The predicted octanol–water partition coefficient (Wildman–Crippen LogP) is 3.45. The Hall–Kier alpha value is -2.16. The zero-order valence-electron chi connectivity index (χ0n) is 16.3. The first kappa shape index (κ1) is 21.5. The number of carbonyl (C=O) groups is 1. The second-order valence-corrected chi connectivity index (χ2v) is 9.02. The van der Waals surface area contributed by atoms with Crippen LogP contribution in [0.3, 0.4) is 0 Å². The van der Waals surface area contributed by atoms with Gasteiger partial charge in [-0.05, 0) is 61.1 Å². The van der Waals surface area contributed by atoms with Crippen LogP contribution < -0.4 is 15.4 Å². The Kier molecular flexibility index (Phi) is 7.46. The fourth-order valence-electron chi connectivity index (χ4n) is 3.15. The van der Waals surface area contributed by atoms with Crippen molar-refractivity contribution in [3.05, 3.63) is 71.5 Å². The standard InChI is InChI=1S/C21H25FN4OS2/c1-21(17-11-5-6-12-18(17)22,15-29-23-13-7-8-14-24-29)26-20(28)25-19(27)16-9-3-2-4-10-16/h2-6,9-12H,7-8,13-15H2,1H3,(H,23,24)(H2,25,26,27,28). The lowest BCUT2D eigenvalue weighted by molar-refractivity contribution is 0.0976. The van der Waals surface area contributed by atoms with E-state index in [0.29, 0.717) is 16.9 Å². The molecule has 2 atom stereocenters. The largest absolute Gasteiger partial charge is 0.352 e. The quantitative estimate of drug-likeness (QED) is 0.634. The predicted molar refractivity (Wildman–Crippen MR) is 120 cm³/mol. The van der Waals surface area contributed by atoms with Crippen molar-refractivity contribution in [3.8, 4) is 0 Å². The summed E-state index contributed by atoms with van der Waals surface area (Å²) in [5.74, 6) is -0.105. The Balaban J connectivity index is 1.81. The number of nitrogens with one attached hydrogen (secondary N) is 3. The molecule has 0 saturated heterocycles. The molecule has 8 heteroatoms. The fourth-order valence-corrected chi connectivity index (χ4v) is 5.26. The monoisotopic (exact) mass is 432 g/mol. The molecule has 1 aliphatic rings. The van der Waals surface area contributed by atoms with Gasteiger partial charge in [0.25, 0.3) is 5.91 Å². The Morgan fingerprint density at radius 3 is 2.69 bits per heavy atom. The molecular weight excluding hydrogens is 407 g/mol. The second-order valence-electron chi connectivity index (χ2n) is 7.05. The molecule has 0 aromatic heterocycles. The van der Waals surface area contributed by atoms with Crippen molar-refractivity contribution in [3.63, 3.8) is 0 Å². The lowest BCUT2D eigenvalue weighted by Gasteiger charge is -2.33. The molecular formula is C21H25FN4OS2. The molecule has 0 radical (unpaired) electrons. The van der Waals surface area contributed by atoms with E-state index in [2.05, 4.69) is 15.4 Å². The van der Waals surface area contributed by atoms with Crippen LogP contribution in [0.15, 0.2) is 59.0 Å². The second kappa shape index (κ2) is 10.0. The number of nitrogens with zero attached hydrogens (tertiary/aromatic N) is 1. The van der Waals surface area contributed by atoms with E-state index in [1.54, 1.807) is 42.5 Å². The average molecular weight is 433 g/mol. The zero-order valence-corrected chi connectivity index (χ0v) is 17.9. The number of hydrogen-bond donors (Lipinski definition) is 3. The Morgan fingerprint density at radius 1 is 1.21 bits per heavy atom. The van der Waals surface area contributed by atoms with Gasteiger partial charge in [0.05, 0.1) is 5.54 Å². The SMILES string of the molecule is CC(CS1=NCCCCN1)(NC(=S)NC(=O)c1ccccc1)c1ccccc1F. The first-order valence-corrected chi connectivity index (χ1v) is 11.3. The van der Waals surface area contributed by atoms with Gasteiger partial charge in [0, 0.05) is 30.0 Å². The van der Waals surface area contributed by atoms with E-state index in [1.807, 2.05) is 13.0 Å². The smallest absolute Gasteiger partial charge is 0.257 e. The van der Waals surface area contributed by atoms with Crippen LogP contribution in [-0.4, -0.2) is 29.9 Å². The molecule has 3 rings (SSSR count). The van der Waals surface area contributed by atoms with E-state index in [1.165, 1.54) is 6.07 Å². The third kappa shape index (κ3) is 5.91. The van der Waals surface area contributed by atoms with Crippen LogP contribution in [0.5, 0.6) is 0 Å². The summed E-state index contributed by atoms with van der Waals surface area (Å²) in [6.07, 6.45) is 2.12. The lowest BCUT2D eigenvalue weighted by Crippen LogP contribution is -2.53. The van der Waals surface area contributed by atoms with Gasteiger partial charge in [0.2, 0.25) is 0 Å². The van der Waals surface area contributed by atoms with Gasteiger partial charge in [-0.15, -0.1) is 0 Å². The summed E-state index contributed by atoms with van der Waals surface area (Å²) >= 11 is 5.40. The third-order valence-electron chi connectivity index (χ3n) is 4.65. The molecule has 1 amide bonds. The maximum absolute atomic E-state index is 14.7. The van der Waals surface area contributed by atoms with Gasteiger partial charge in [-0.3, -0.25) is 14.8 Å². The van der Waals surface area contributed by atoms with Gasteiger partial charge in [-0.2, -0.15) is 0 Å². The molecule has 0 aliphatic carbocycles. The number of halogens is 1. The highest BCUT2D eigenvalue weighted by Crippen LogP contribution is 2.25. The van der Waals surface area contributed by atoms with Crippen LogP contribution in [0.2, 0.25) is 0 Å². The molecule has 2 aromatic rings. The van der Waals surface area contributed by atoms with Gasteiger partial charge in [0.15, 0.2) is 5.11 Å². The van der Waals surface area contributed by atoms with Crippen LogP contribution >= 0.6 is 12.2 Å². The highest BCUT2D eigenvalue weighted by atomic mass is 32.2. The van der Waals surface area contributed by atoms with E-state index in [0.717, 1.165) is 25.9 Å². The van der Waals surface area contributed by atoms with Gasteiger partial charge in [0.1, 0.15) is 5.82 Å². The number of hydrogen-bond acceptors (Lipinski definition) is 4. The van der Waals surface area contributed by atoms with Crippen LogP contribution in [0.25, 0.3) is 0 Å². The van der Waals surface area contributed by atoms with E-state index >= 15 is 0 Å². The minimum Gasteiger partial charge on any atom is -0.352 e. The minimum absolute atomic E-state index is 0.156. The molecule has 0 spiro atoms. The van der Waals surface area contributed by atoms with E-state index in [-0.39, 0.29) is 16.8 Å². The van der Waals surface area contributed by atoms with Crippen LogP contribution in [0, 0.1) is 5.82 Å². The first-order chi connectivity index (χ1) is 14.0. The minimum atomic E-state index is -0.837. The van der Waals surface area contributed by atoms with Crippen LogP contribution in [0.4, 0.5) is 4.39 Å². The van der Waals surface area contributed by atoms with Gasteiger partial charge in [-0.25, -0.2) is 8.75 Å². The zero-order chi connectivity index (χ0) is 20.7. The number of rotatable bonds is 5. The summed E-state index contributed by atoms with van der Waals surface area (Å²) in [6, 6.07) is 15.5. The number of benzene rings is 2. The maximum Gasteiger partial charge on any atom is 0.257 e. The molecule has 0 bridgehead atoms. The highest BCUT2D eigenvalue weighted by Gasteiger charge is 2.32. The van der Waals surface area contributed by atoms with Crippen molar-refractivity contribution in [1.29, 1.82) is 0 Å². The number of thiocarbonyl (C=S) groups is 1. The van der Waals surface area contributed by atoms with E-state index in [4.69, 9.17) is 16.6 Å². The molecule has 1 heterocycles. The van der Waals surface area contributed by atoms with E-state index < -0.39 is 16.4 Å². The lowest BCUT2D eigenvalue weighted by atomic mass is 9.93. The summed E-state index contributed by atoms with van der Waals surface area (Å²) in [6.45, 7) is 3.56. The Labute approximate surface area is 178 Å². The molecule has 0 fully saturated rings. The summed E-state index contributed by atoms with van der Waals surface area (Å²) in [5, 5.41) is 6.04. The number of carbonyl (C=O) groups excluding carboxylic acids is 1. The topological polar surface area (TPSA) is 65.5 Å². The maximum atomic E-state index is 14.7. The molecule has 2 unspecified atom stereocenters. The van der Waals surface area contributed by atoms with Crippen molar-refractivity contribution >= 4 is 34.1 Å². The van der Waals surface area contributed by atoms with Crippen molar-refractivity contribution < 1.29 is 9.18 Å². The summed E-state index contributed by atoms with van der Waals surface area (Å²) in [5.41, 5.74) is 0.160. The van der Waals surface area contributed by atoms with Crippen molar-refractivity contribution in [2.45, 2.75) is 25.3 Å². The number of amides is 1. The van der Waals surface area contributed by atoms with Gasteiger partial charge >= 0.3 is 0 Å². The molecule has 5 nitrogen and oxygen atoms in total. The van der Waals surface area contributed by atoms with Crippen molar-refractivity contribution in [2.24, 2.45) is 4.36 Å². The summed E-state index contributed by atoms with van der Waals surface area (Å²) < 4.78 is 22.8. The molecule has 1 aliphatic heterocycles. The molecule has 0 saturated carbocycles. The summed E-state index contributed by atoms with van der Waals surface area (Å²) in [7, 11) is -0.432. The Bertz CT molecular complexity index is 907. The average Bonchev–Trinajstić information content (AvgIpc) is 2.97. The van der Waals surface area contributed by atoms with Gasteiger partial charge in [-0.1, -0.05) is 36.4 Å². The fraction of sp³-hybridized carbons (Fsp3) is 0.333. The molecule has 2 aromatic carbocycles. The van der Waals surface area contributed by atoms with Crippen LogP contribution in [0.1, 0.15) is 35.7 Å². The van der Waals surface area contributed by atoms with Gasteiger partial charge < -0.3 is 5.32 Å². The molecule has 3 N–H and O–H groups in total. The van der Waals surface area contributed by atoms with E-state index in [9.17, 15) is 9.18 Å². The molecule has 154 valence electrons. The molecule has 29 heavy (non-hydrogen) atoms. The summed E-state index contributed by atoms with van der Waals surface area (Å²) in [4.78, 5) is 12.4.